The molecule has 3 aliphatic rings. The van der Waals surface area contributed by atoms with Crippen LogP contribution in [-0.2, 0) is 14.3 Å². The number of hydrogen-bond acceptors (Lipinski definition) is 5. The quantitative estimate of drug-likeness (QED) is 0.785. The van der Waals surface area contributed by atoms with Crippen molar-refractivity contribution in [2.75, 3.05) is 6.61 Å². The summed E-state index contributed by atoms with van der Waals surface area (Å²) in [7, 11) is 0. The molecule has 0 spiro atoms. The minimum Gasteiger partial charge on any atom is -0.464 e. The molecule has 3 fully saturated rings. The first kappa shape index (κ1) is 16.1. The Balaban J connectivity index is 2.23. The Morgan fingerprint density at radius 3 is 2.48 bits per heavy atom. The monoisotopic (exact) mass is 299 g/mol. The van der Waals surface area contributed by atoms with E-state index in [1.54, 1.807) is 27.7 Å². The minimum atomic E-state index is -0.734. The van der Waals surface area contributed by atoms with Gasteiger partial charge in [-0.25, -0.2) is 9.59 Å². The third-order valence-corrected chi connectivity index (χ3v) is 4.07. The van der Waals surface area contributed by atoms with Crippen LogP contribution in [0, 0.1) is 5.92 Å². The van der Waals surface area contributed by atoms with Crippen LogP contribution in [0.3, 0.4) is 0 Å². The van der Waals surface area contributed by atoms with Crippen molar-refractivity contribution in [2.24, 2.45) is 5.92 Å². The van der Waals surface area contributed by atoms with E-state index < -0.39 is 29.8 Å². The van der Waals surface area contributed by atoms with Crippen molar-refractivity contribution in [1.29, 1.82) is 0 Å². The molecule has 4 atom stereocenters. The van der Waals surface area contributed by atoms with E-state index in [-0.39, 0.29) is 18.6 Å². The lowest BCUT2D eigenvalue weighted by Gasteiger charge is -2.51. The van der Waals surface area contributed by atoms with E-state index in [2.05, 4.69) is 0 Å². The van der Waals surface area contributed by atoms with Crippen LogP contribution in [0.15, 0.2) is 0 Å². The molecule has 2 bridgehead atoms. The van der Waals surface area contributed by atoms with Gasteiger partial charge in [-0.05, 0) is 47.0 Å². The van der Waals surface area contributed by atoms with Crippen molar-refractivity contribution in [3.05, 3.63) is 0 Å². The van der Waals surface area contributed by atoms with Crippen molar-refractivity contribution in [3.63, 3.8) is 0 Å². The van der Waals surface area contributed by atoms with Crippen LogP contribution < -0.4 is 0 Å². The molecular weight excluding hydrogens is 274 g/mol. The predicted molar refractivity (Wildman–Crippen MR) is 75.6 cm³/mol. The van der Waals surface area contributed by atoms with E-state index in [4.69, 9.17) is 9.47 Å². The van der Waals surface area contributed by atoms with Crippen LogP contribution in [-0.4, -0.2) is 52.5 Å². The third kappa shape index (κ3) is 3.31. The summed E-state index contributed by atoms with van der Waals surface area (Å²) in [5, 5.41) is 10.1. The molecule has 21 heavy (non-hydrogen) atoms. The van der Waals surface area contributed by atoms with Gasteiger partial charge in [0, 0.05) is 12.0 Å². The van der Waals surface area contributed by atoms with Gasteiger partial charge in [0.15, 0.2) is 0 Å². The summed E-state index contributed by atoms with van der Waals surface area (Å²) < 4.78 is 10.5. The summed E-state index contributed by atoms with van der Waals surface area (Å²) in [5.74, 6) is -0.710. The number of ether oxygens (including phenoxy) is 2. The summed E-state index contributed by atoms with van der Waals surface area (Å²) in [6.07, 6.45) is 0.963. The van der Waals surface area contributed by atoms with Gasteiger partial charge >= 0.3 is 12.1 Å². The van der Waals surface area contributed by atoms with Gasteiger partial charge < -0.3 is 14.6 Å². The second-order valence-corrected chi connectivity index (χ2v) is 6.78. The first-order chi connectivity index (χ1) is 9.74. The zero-order chi connectivity index (χ0) is 15.8. The van der Waals surface area contributed by atoms with Gasteiger partial charge in [-0.1, -0.05) is 0 Å². The van der Waals surface area contributed by atoms with Crippen molar-refractivity contribution in [3.8, 4) is 0 Å². The summed E-state index contributed by atoms with van der Waals surface area (Å²) in [5.41, 5.74) is -0.619. The molecule has 3 rings (SSSR count). The van der Waals surface area contributed by atoms with Crippen LogP contribution in [0.25, 0.3) is 0 Å². The molecule has 1 saturated carbocycles. The first-order valence-corrected chi connectivity index (χ1v) is 7.60. The lowest BCUT2D eigenvalue weighted by atomic mass is 9.73. The topological polar surface area (TPSA) is 76.1 Å². The fourth-order valence-electron chi connectivity index (χ4n) is 3.30. The fourth-order valence-corrected chi connectivity index (χ4v) is 3.30. The normalized spacial score (nSPS) is 32.0. The SMILES string of the molecule is CCOC(=O)[C@@H]1C2CCC(C[C@H]2O)N1C(=O)OC(C)(C)C. The van der Waals surface area contributed by atoms with Crippen molar-refractivity contribution in [2.45, 2.75) is 70.7 Å². The highest BCUT2D eigenvalue weighted by atomic mass is 16.6. The molecule has 0 aromatic rings. The highest BCUT2D eigenvalue weighted by Gasteiger charge is 2.53. The van der Waals surface area contributed by atoms with E-state index in [1.807, 2.05) is 0 Å². The number of rotatable bonds is 2. The number of amides is 1. The van der Waals surface area contributed by atoms with Gasteiger partial charge in [0.05, 0.1) is 12.7 Å². The Morgan fingerprint density at radius 1 is 1.29 bits per heavy atom. The van der Waals surface area contributed by atoms with Crippen LogP contribution in [0.2, 0.25) is 0 Å². The number of nitrogens with zero attached hydrogens (tertiary/aromatic N) is 1. The maximum Gasteiger partial charge on any atom is 0.411 e. The predicted octanol–water partition coefficient (Wildman–Crippen LogP) is 1.70. The largest absolute Gasteiger partial charge is 0.464 e. The number of fused-ring (bicyclic) bond motifs is 3. The number of aliphatic hydroxyl groups excluding tert-OH is 1. The van der Waals surface area contributed by atoms with Crippen LogP contribution in [0.1, 0.15) is 47.0 Å². The van der Waals surface area contributed by atoms with E-state index in [0.717, 1.165) is 12.8 Å². The second-order valence-electron chi connectivity index (χ2n) is 6.78. The molecule has 6 nitrogen and oxygen atoms in total. The lowest BCUT2D eigenvalue weighted by Crippen LogP contribution is -2.65. The van der Waals surface area contributed by atoms with E-state index in [9.17, 15) is 14.7 Å². The molecule has 2 heterocycles. The standard InChI is InChI=1S/C15H25NO5/c1-5-20-13(18)12-10-7-6-9(8-11(10)17)16(12)14(19)21-15(2,3)4/h9-12,17H,5-8H2,1-4H3/t9?,10?,11-,12+/m1/s1. The van der Waals surface area contributed by atoms with E-state index in [1.165, 1.54) is 4.90 Å². The number of aliphatic hydroxyl groups is 1. The summed E-state index contributed by atoms with van der Waals surface area (Å²) in [6, 6.07) is -0.892. The number of hydrogen-bond donors (Lipinski definition) is 1. The Kier molecular flexibility index (Phi) is 4.46. The van der Waals surface area contributed by atoms with Crippen LogP contribution in [0.4, 0.5) is 4.79 Å². The number of carbonyl (C=O) groups is 2. The average molecular weight is 299 g/mol. The van der Waals surface area contributed by atoms with E-state index >= 15 is 0 Å². The molecule has 6 heteroatoms. The van der Waals surface area contributed by atoms with Gasteiger partial charge in [-0.3, -0.25) is 4.90 Å². The van der Waals surface area contributed by atoms with Gasteiger partial charge in [-0.15, -0.1) is 0 Å². The molecule has 2 saturated heterocycles. The van der Waals surface area contributed by atoms with Gasteiger partial charge in [0.25, 0.3) is 0 Å². The maximum atomic E-state index is 12.4. The molecule has 0 aromatic heterocycles. The van der Waals surface area contributed by atoms with Crippen molar-refractivity contribution >= 4 is 12.1 Å². The Morgan fingerprint density at radius 2 is 1.95 bits per heavy atom. The summed E-state index contributed by atoms with van der Waals surface area (Å²) >= 11 is 0. The van der Waals surface area contributed by atoms with Crippen LogP contribution >= 0.6 is 0 Å². The molecule has 1 N–H and O–H groups in total. The summed E-state index contributed by atoms with van der Waals surface area (Å²) in [4.78, 5) is 26.2. The number of piperidine rings is 2. The molecule has 2 aliphatic heterocycles. The second kappa shape index (κ2) is 5.83. The molecule has 0 aromatic carbocycles. The van der Waals surface area contributed by atoms with Gasteiger partial charge in [0.1, 0.15) is 11.6 Å². The highest BCUT2D eigenvalue weighted by Crippen LogP contribution is 2.41. The molecule has 120 valence electrons. The average Bonchev–Trinajstić information content (AvgIpc) is 2.36. The lowest BCUT2D eigenvalue weighted by molar-refractivity contribution is -0.165. The zero-order valence-corrected chi connectivity index (χ0v) is 13.2. The Labute approximate surface area is 125 Å². The third-order valence-electron chi connectivity index (χ3n) is 4.07. The molecular formula is C15H25NO5. The highest BCUT2D eigenvalue weighted by molar-refractivity contribution is 5.83. The van der Waals surface area contributed by atoms with Gasteiger partial charge in [-0.2, -0.15) is 0 Å². The van der Waals surface area contributed by atoms with Crippen molar-refractivity contribution in [1.82, 2.24) is 4.90 Å². The molecule has 1 amide bonds. The smallest absolute Gasteiger partial charge is 0.411 e. The van der Waals surface area contributed by atoms with E-state index in [0.29, 0.717) is 6.42 Å². The summed E-state index contributed by atoms with van der Waals surface area (Å²) in [6.45, 7) is 7.36. The molecule has 1 aliphatic carbocycles. The first-order valence-electron chi connectivity index (χ1n) is 7.60. The molecule has 0 radical (unpaired) electrons. The number of carbonyl (C=O) groups excluding carboxylic acids is 2. The minimum absolute atomic E-state index is 0.158. The fraction of sp³-hybridized carbons (Fsp3) is 0.867. The molecule has 2 unspecified atom stereocenters. The van der Waals surface area contributed by atoms with Crippen LogP contribution in [0.5, 0.6) is 0 Å². The maximum absolute atomic E-state index is 12.4. The number of esters is 1. The Bertz CT molecular complexity index is 417. The van der Waals surface area contributed by atoms with Crippen molar-refractivity contribution < 1.29 is 24.2 Å². The zero-order valence-electron chi connectivity index (χ0n) is 13.2. The van der Waals surface area contributed by atoms with Gasteiger partial charge in [0.2, 0.25) is 0 Å². The Hall–Kier alpha value is -1.30.